The van der Waals surface area contributed by atoms with Gasteiger partial charge < -0.3 is 4.90 Å². The highest BCUT2D eigenvalue weighted by Crippen LogP contribution is 2.25. The Morgan fingerprint density at radius 2 is 2.04 bits per heavy atom. The molecule has 0 aliphatic carbocycles. The Morgan fingerprint density at radius 3 is 2.92 bits per heavy atom. The maximum Gasteiger partial charge on any atom is 0.274 e. The van der Waals surface area contributed by atoms with Crippen LogP contribution in [0.15, 0.2) is 55.1 Å². The summed E-state index contributed by atoms with van der Waals surface area (Å²) in [5.74, 6) is 0.430. The second kappa shape index (κ2) is 6.35. The van der Waals surface area contributed by atoms with Crippen molar-refractivity contribution < 1.29 is 4.79 Å². The van der Waals surface area contributed by atoms with Gasteiger partial charge in [0.2, 0.25) is 0 Å². The van der Waals surface area contributed by atoms with Crippen LogP contribution in [0.1, 0.15) is 22.5 Å². The molecule has 1 aromatic carbocycles. The fraction of sp³-hybridized carbons (Fsp3) is 0.263. The third-order valence-corrected chi connectivity index (χ3v) is 4.58. The summed E-state index contributed by atoms with van der Waals surface area (Å²) in [5.41, 5.74) is 2.75. The zero-order valence-electron chi connectivity index (χ0n) is 13.3. The molecule has 1 aliphatic rings. The Balaban J connectivity index is 1.48. The van der Waals surface area contributed by atoms with Crippen molar-refractivity contribution in [1.82, 2.24) is 19.9 Å². The second-order valence-electron chi connectivity index (χ2n) is 6.19. The van der Waals surface area contributed by atoms with E-state index in [4.69, 9.17) is 0 Å². The number of hydrogen-bond acceptors (Lipinski definition) is 4. The van der Waals surface area contributed by atoms with E-state index < -0.39 is 0 Å². The molecule has 1 saturated heterocycles. The Kier molecular flexibility index (Phi) is 3.91. The maximum absolute atomic E-state index is 12.5. The predicted molar refractivity (Wildman–Crippen MR) is 91.5 cm³/mol. The first-order valence-electron chi connectivity index (χ1n) is 8.19. The van der Waals surface area contributed by atoms with Crippen molar-refractivity contribution in [3.63, 3.8) is 0 Å². The molecular formula is C19H18N4O. The molecule has 120 valence electrons. The van der Waals surface area contributed by atoms with E-state index in [1.807, 2.05) is 17.2 Å². The van der Waals surface area contributed by atoms with Crippen LogP contribution in [-0.2, 0) is 6.42 Å². The standard InChI is InChI=1S/C19H18N4O/c24-19(17-12-20-8-9-21-17)23-10-6-14(13-23)11-16-4-1-3-15-5-2-7-22-18(15)16/h1-5,7-9,12,14H,6,10-11,13H2. The summed E-state index contributed by atoms with van der Waals surface area (Å²) < 4.78 is 0. The molecule has 0 radical (unpaired) electrons. The highest BCUT2D eigenvalue weighted by atomic mass is 16.2. The fourth-order valence-electron chi connectivity index (χ4n) is 3.40. The van der Waals surface area contributed by atoms with Crippen molar-refractivity contribution in [1.29, 1.82) is 0 Å². The summed E-state index contributed by atoms with van der Waals surface area (Å²) in [4.78, 5) is 27.0. The second-order valence-corrected chi connectivity index (χ2v) is 6.19. The number of carbonyl (C=O) groups is 1. The number of benzene rings is 1. The number of pyridine rings is 1. The van der Waals surface area contributed by atoms with Gasteiger partial charge in [0.1, 0.15) is 5.69 Å². The number of fused-ring (bicyclic) bond motifs is 1. The van der Waals surface area contributed by atoms with Gasteiger partial charge in [-0.1, -0.05) is 24.3 Å². The van der Waals surface area contributed by atoms with Crippen LogP contribution in [0.3, 0.4) is 0 Å². The van der Waals surface area contributed by atoms with Crippen LogP contribution in [0.5, 0.6) is 0 Å². The number of hydrogen-bond donors (Lipinski definition) is 0. The summed E-state index contributed by atoms with van der Waals surface area (Å²) in [7, 11) is 0. The van der Waals surface area contributed by atoms with Crippen molar-refractivity contribution in [3.05, 3.63) is 66.4 Å². The first-order valence-corrected chi connectivity index (χ1v) is 8.19. The van der Waals surface area contributed by atoms with Gasteiger partial charge in [-0.25, -0.2) is 4.98 Å². The molecule has 0 bridgehead atoms. The predicted octanol–water partition coefficient (Wildman–Crippen LogP) is 2.73. The number of aromatic nitrogens is 3. The normalized spacial score (nSPS) is 17.3. The van der Waals surface area contributed by atoms with Crippen molar-refractivity contribution in [2.75, 3.05) is 13.1 Å². The SMILES string of the molecule is O=C(c1cnccn1)N1CCC(Cc2cccc3cccnc23)C1. The number of likely N-dealkylation sites (tertiary alicyclic amines) is 1. The van der Waals surface area contributed by atoms with Crippen LogP contribution in [0.25, 0.3) is 10.9 Å². The Labute approximate surface area is 140 Å². The largest absolute Gasteiger partial charge is 0.337 e. The van der Waals surface area contributed by atoms with Gasteiger partial charge in [0, 0.05) is 37.1 Å². The molecule has 1 aliphatic heterocycles. The van der Waals surface area contributed by atoms with E-state index in [0.29, 0.717) is 11.6 Å². The summed E-state index contributed by atoms with van der Waals surface area (Å²) in [6.07, 6.45) is 8.46. The lowest BCUT2D eigenvalue weighted by atomic mass is 9.97. The third kappa shape index (κ3) is 2.85. The van der Waals surface area contributed by atoms with E-state index in [2.05, 4.69) is 39.2 Å². The van der Waals surface area contributed by atoms with Gasteiger partial charge >= 0.3 is 0 Å². The molecule has 1 amide bonds. The van der Waals surface area contributed by atoms with Crippen LogP contribution in [0.4, 0.5) is 0 Å². The van der Waals surface area contributed by atoms with Crippen LogP contribution >= 0.6 is 0 Å². The quantitative estimate of drug-likeness (QED) is 0.745. The molecule has 2 aromatic heterocycles. The van der Waals surface area contributed by atoms with E-state index in [-0.39, 0.29) is 5.91 Å². The zero-order valence-corrected chi connectivity index (χ0v) is 13.3. The van der Waals surface area contributed by atoms with Gasteiger partial charge in [-0.2, -0.15) is 0 Å². The Morgan fingerprint density at radius 1 is 1.12 bits per heavy atom. The summed E-state index contributed by atoms with van der Waals surface area (Å²) in [5, 5.41) is 1.17. The van der Waals surface area contributed by atoms with Crippen LogP contribution < -0.4 is 0 Å². The molecule has 24 heavy (non-hydrogen) atoms. The number of para-hydroxylation sites is 1. The van der Waals surface area contributed by atoms with Gasteiger partial charge in [-0.05, 0) is 30.4 Å². The number of amides is 1. The van der Waals surface area contributed by atoms with Gasteiger partial charge in [-0.15, -0.1) is 0 Å². The molecule has 5 heteroatoms. The topological polar surface area (TPSA) is 59.0 Å². The molecule has 1 unspecified atom stereocenters. The molecule has 3 heterocycles. The summed E-state index contributed by atoms with van der Waals surface area (Å²) >= 11 is 0. The minimum atomic E-state index is -0.0263. The monoisotopic (exact) mass is 318 g/mol. The highest BCUT2D eigenvalue weighted by molar-refractivity contribution is 5.92. The smallest absolute Gasteiger partial charge is 0.274 e. The molecule has 0 saturated carbocycles. The molecule has 3 aromatic rings. The van der Waals surface area contributed by atoms with E-state index in [9.17, 15) is 4.79 Å². The lowest BCUT2D eigenvalue weighted by Crippen LogP contribution is -2.29. The van der Waals surface area contributed by atoms with Gasteiger partial charge in [0.25, 0.3) is 5.91 Å². The van der Waals surface area contributed by atoms with Crippen LogP contribution in [0.2, 0.25) is 0 Å². The number of carbonyl (C=O) groups excluding carboxylic acids is 1. The average molecular weight is 318 g/mol. The molecule has 5 nitrogen and oxygen atoms in total. The average Bonchev–Trinajstić information content (AvgIpc) is 3.11. The number of nitrogens with zero attached hydrogens (tertiary/aromatic N) is 4. The van der Waals surface area contributed by atoms with Gasteiger partial charge in [-0.3, -0.25) is 14.8 Å². The van der Waals surface area contributed by atoms with Crippen LogP contribution in [0, 0.1) is 5.92 Å². The zero-order chi connectivity index (χ0) is 16.4. The third-order valence-electron chi connectivity index (χ3n) is 4.58. The minimum Gasteiger partial charge on any atom is -0.337 e. The van der Waals surface area contributed by atoms with Crippen molar-refractivity contribution in [3.8, 4) is 0 Å². The van der Waals surface area contributed by atoms with Crippen molar-refractivity contribution in [2.24, 2.45) is 5.92 Å². The van der Waals surface area contributed by atoms with Crippen LogP contribution in [-0.4, -0.2) is 38.8 Å². The summed E-state index contributed by atoms with van der Waals surface area (Å²) in [6.45, 7) is 1.54. The molecule has 1 atom stereocenters. The van der Waals surface area contributed by atoms with Crippen molar-refractivity contribution >= 4 is 16.8 Å². The van der Waals surface area contributed by atoms with E-state index in [1.165, 1.54) is 17.1 Å². The minimum absolute atomic E-state index is 0.0263. The number of rotatable bonds is 3. The fourth-order valence-corrected chi connectivity index (χ4v) is 3.40. The van der Waals surface area contributed by atoms with Crippen molar-refractivity contribution in [2.45, 2.75) is 12.8 Å². The van der Waals surface area contributed by atoms with E-state index in [0.717, 1.165) is 31.4 Å². The van der Waals surface area contributed by atoms with E-state index in [1.54, 1.807) is 12.4 Å². The molecule has 4 rings (SSSR count). The molecule has 0 spiro atoms. The van der Waals surface area contributed by atoms with Gasteiger partial charge in [0.15, 0.2) is 0 Å². The Hall–Kier alpha value is -2.82. The first-order chi connectivity index (χ1) is 11.8. The molecule has 1 fully saturated rings. The molecular weight excluding hydrogens is 300 g/mol. The van der Waals surface area contributed by atoms with E-state index >= 15 is 0 Å². The summed E-state index contributed by atoms with van der Waals surface area (Å²) in [6, 6.07) is 10.4. The molecule has 0 N–H and O–H groups in total. The Bertz CT molecular complexity index is 860. The van der Waals surface area contributed by atoms with Gasteiger partial charge in [0.05, 0.1) is 11.7 Å². The highest BCUT2D eigenvalue weighted by Gasteiger charge is 2.28. The lowest BCUT2D eigenvalue weighted by molar-refractivity contribution is 0.0781. The lowest BCUT2D eigenvalue weighted by Gasteiger charge is -2.16. The maximum atomic E-state index is 12.5. The first kappa shape index (κ1) is 14.8.